The number of carbonyl (C=O) groups excluding carboxylic acids is 1. The smallest absolute Gasteiger partial charge is 0.257 e. The zero-order valence-electron chi connectivity index (χ0n) is 18.3. The fourth-order valence-electron chi connectivity index (χ4n) is 4.58. The van der Waals surface area contributed by atoms with Crippen molar-refractivity contribution in [2.45, 2.75) is 65.1 Å². The number of nitrogens with zero attached hydrogens (tertiary/aromatic N) is 4. The molecule has 2 aliphatic heterocycles. The second-order valence-electron chi connectivity index (χ2n) is 8.51. The third-order valence-corrected chi connectivity index (χ3v) is 6.49. The normalized spacial score (nSPS) is 18.5. The number of aromatic nitrogens is 2. The standard InChI is InChI=1S/C24H34N4O2/c1-3-28-19(2)20(17-25-28)18-26-15-11-21(12-16-26)30-23-10-6-5-9-22(23)24(29)27-13-7-4-8-14-27/h5-6,9-10,17,21H,3-4,7-8,11-16,18H2,1-2H3. The van der Waals surface area contributed by atoms with Gasteiger partial charge in [-0.2, -0.15) is 5.10 Å². The van der Waals surface area contributed by atoms with Gasteiger partial charge in [-0.25, -0.2) is 0 Å². The number of ether oxygens (including phenoxy) is 1. The van der Waals surface area contributed by atoms with Gasteiger partial charge in [0.2, 0.25) is 0 Å². The lowest BCUT2D eigenvalue weighted by atomic mass is 10.1. The lowest BCUT2D eigenvalue weighted by Gasteiger charge is -2.33. The van der Waals surface area contributed by atoms with Crippen molar-refractivity contribution >= 4 is 5.91 Å². The molecular weight excluding hydrogens is 376 g/mol. The number of likely N-dealkylation sites (tertiary alicyclic amines) is 2. The van der Waals surface area contributed by atoms with Gasteiger partial charge >= 0.3 is 0 Å². The van der Waals surface area contributed by atoms with E-state index in [0.29, 0.717) is 5.56 Å². The van der Waals surface area contributed by atoms with E-state index < -0.39 is 0 Å². The Balaban J connectivity index is 1.34. The number of rotatable bonds is 6. The van der Waals surface area contributed by atoms with E-state index in [0.717, 1.165) is 70.7 Å². The van der Waals surface area contributed by atoms with Gasteiger partial charge in [-0.05, 0) is 58.1 Å². The molecular formula is C24H34N4O2. The Hall–Kier alpha value is -2.34. The summed E-state index contributed by atoms with van der Waals surface area (Å²) in [6.45, 7) is 9.87. The van der Waals surface area contributed by atoms with Gasteiger partial charge in [-0.3, -0.25) is 14.4 Å². The SMILES string of the molecule is CCn1ncc(CN2CCC(Oc3ccccc3C(=O)N3CCCCC3)CC2)c1C. The minimum Gasteiger partial charge on any atom is -0.489 e. The molecule has 2 aliphatic rings. The van der Waals surface area contributed by atoms with E-state index in [1.165, 1.54) is 17.7 Å². The second-order valence-corrected chi connectivity index (χ2v) is 8.51. The third kappa shape index (κ3) is 4.69. The molecule has 6 nitrogen and oxygen atoms in total. The Bertz CT molecular complexity index is 849. The predicted octanol–water partition coefficient (Wildman–Crippen LogP) is 3.88. The summed E-state index contributed by atoms with van der Waals surface area (Å²) < 4.78 is 8.41. The maximum absolute atomic E-state index is 13.0. The molecule has 30 heavy (non-hydrogen) atoms. The van der Waals surface area contributed by atoms with Crippen molar-refractivity contribution in [2.75, 3.05) is 26.2 Å². The van der Waals surface area contributed by atoms with Crippen LogP contribution in [0.4, 0.5) is 0 Å². The summed E-state index contributed by atoms with van der Waals surface area (Å²) in [6.07, 6.45) is 7.55. The van der Waals surface area contributed by atoms with Crippen molar-refractivity contribution in [3.8, 4) is 5.75 Å². The Kier molecular flexibility index (Phi) is 6.72. The van der Waals surface area contributed by atoms with Gasteiger partial charge in [-0.15, -0.1) is 0 Å². The molecule has 0 atom stereocenters. The molecule has 2 saturated heterocycles. The van der Waals surface area contributed by atoms with Crippen LogP contribution in [0, 0.1) is 6.92 Å². The highest BCUT2D eigenvalue weighted by Gasteiger charge is 2.25. The molecule has 6 heteroatoms. The molecule has 162 valence electrons. The van der Waals surface area contributed by atoms with Gasteiger partial charge in [0, 0.05) is 50.5 Å². The average molecular weight is 411 g/mol. The minimum atomic E-state index is 0.117. The van der Waals surface area contributed by atoms with Crippen molar-refractivity contribution in [1.29, 1.82) is 0 Å². The number of hydrogen-bond donors (Lipinski definition) is 0. The van der Waals surface area contributed by atoms with Crippen LogP contribution in [0.5, 0.6) is 5.75 Å². The summed E-state index contributed by atoms with van der Waals surface area (Å²) in [5.41, 5.74) is 3.29. The minimum absolute atomic E-state index is 0.117. The van der Waals surface area contributed by atoms with E-state index in [9.17, 15) is 4.79 Å². The van der Waals surface area contributed by atoms with E-state index in [-0.39, 0.29) is 12.0 Å². The quantitative estimate of drug-likeness (QED) is 0.725. The van der Waals surface area contributed by atoms with Gasteiger partial charge in [0.05, 0.1) is 11.8 Å². The summed E-state index contributed by atoms with van der Waals surface area (Å²) >= 11 is 0. The molecule has 1 aromatic heterocycles. The zero-order valence-corrected chi connectivity index (χ0v) is 18.3. The Morgan fingerprint density at radius 3 is 2.53 bits per heavy atom. The van der Waals surface area contributed by atoms with E-state index in [4.69, 9.17) is 4.74 Å². The van der Waals surface area contributed by atoms with Gasteiger partial charge in [0.15, 0.2) is 0 Å². The maximum atomic E-state index is 13.0. The van der Waals surface area contributed by atoms with Crippen LogP contribution in [0.2, 0.25) is 0 Å². The number of para-hydroxylation sites is 1. The highest BCUT2D eigenvalue weighted by atomic mass is 16.5. The van der Waals surface area contributed by atoms with Crippen molar-refractivity contribution < 1.29 is 9.53 Å². The van der Waals surface area contributed by atoms with Crippen LogP contribution >= 0.6 is 0 Å². The van der Waals surface area contributed by atoms with Gasteiger partial charge in [0.1, 0.15) is 11.9 Å². The third-order valence-electron chi connectivity index (χ3n) is 6.49. The van der Waals surface area contributed by atoms with E-state index in [1.54, 1.807) is 0 Å². The summed E-state index contributed by atoms with van der Waals surface area (Å²) in [4.78, 5) is 17.5. The molecule has 2 aromatic rings. The first kappa shape index (κ1) is 20.9. The van der Waals surface area contributed by atoms with Crippen molar-refractivity contribution in [3.05, 3.63) is 47.3 Å². The fraction of sp³-hybridized carbons (Fsp3) is 0.583. The fourth-order valence-corrected chi connectivity index (χ4v) is 4.58. The summed E-state index contributed by atoms with van der Waals surface area (Å²) in [7, 11) is 0. The number of aryl methyl sites for hydroxylation is 1. The Labute approximate surface area is 179 Å². The largest absolute Gasteiger partial charge is 0.489 e. The van der Waals surface area contributed by atoms with Crippen molar-refractivity contribution in [2.24, 2.45) is 0 Å². The lowest BCUT2D eigenvalue weighted by Crippen LogP contribution is -2.38. The molecule has 2 fully saturated rings. The van der Waals surface area contributed by atoms with Crippen LogP contribution in [0.1, 0.15) is 60.6 Å². The highest BCUT2D eigenvalue weighted by Crippen LogP contribution is 2.26. The predicted molar refractivity (Wildman–Crippen MR) is 118 cm³/mol. The first-order chi connectivity index (χ1) is 14.7. The maximum Gasteiger partial charge on any atom is 0.257 e. The lowest BCUT2D eigenvalue weighted by molar-refractivity contribution is 0.0702. The molecule has 1 aromatic carbocycles. The molecule has 0 aliphatic carbocycles. The molecule has 4 rings (SSSR count). The molecule has 0 radical (unpaired) electrons. The van der Waals surface area contributed by atoms with Crippen LogP contribution in [0.15, 0.2) is 30.5 Å². The molecule has 1 amide bonds. The molecule has 0 bridgehead atoms. The number of carbonyl (C=O) groups is 1. The first-order valence-corrected chi connectivity index (χ1v) is 11.4. The molecule has 0 unspecified atom stereocenters. The zero-order chi connectivity index (χ0) is 20.9. The van der Waals surface area contributed by atoms with Gasteiger partial charge in [-0.1, -0.05) is 12.1 Å². The van der Waals surface area contributed by atoms with Crippen LogP contribution in [0.3, 0.4) is 0 Å². The number of benzene rings is 1. The summed E-state index contributed by atoms with van der Waals surface area (Å²) in [5.74, 6) is 0.859. The second kappa shape index (κ2) is 9.65. The van der Waals surface area contributed by atoms with Crippen molar-refractivity contribution in [1.82, 2.24) is 19.6 Å². The molecule has 3 heterocycles. The summed E-state index contributed by atoms with van der Waals surface area (Å²) in [6, 6.07) is 7.76. The molecule has 0 spiro atoms. The number of amides is 1. The first-order valence-electron chi connectivity index (χ1n) is 11.4. The van der Waals surface area contributed by atoms with Crippen LogP contribution in [0.25, 0.3) is 0 Å². The van der Waals surface area contributed by atoms with E-state index in [1.807, 2.05) is 35.4 Å². The molecule has 0 N–H and O–H groups in total. The van der Waals surface area contributed by atoms with Crippen LogP contribution in [-0.4, -0.2) is 57.8 Å². The Morgan fingerprint density at radius 2 is 1.83 bits per heavy atom. The Morgan fingerprint density at radius 1 is 1.10 bits per heavy atom. The number of hydrogen-bond acceptors (Lipinski definition) is 4. The monoisotopic (exact) mass is 410 g/mol. The number of piperidine rings is 2. The average Bonchev–Trinajstić information content (AvgIpc) is 3.15. The van der Waals surface area contributed by atoms with Gasteiger partial charge in [0.25, 0.3) is 5.91 Å². The van der Waals surface area contributed by atoms with Crippen molar-refractivity contribution in [3.63, 3.8) is 0 Å². The van der Waals surface area contributed by atoms with Crippen LogP contribution in [-0.2, 0) is 13.1 Å². The van der Waals surface area contributed by atoms with Crippen LogP contribution < -0.4 is 4.74 Å². The van der Waals surface area contributed by atoms with E-state index >= 15 is 0 Å². The van der Waals surface area contributed by atoms with Gasteiger partial charge < -0.3 is 9.64 Å². The summed E-state index contributed by atoms with van der Waals surface area (Å²) in [5, 5.41) is 4.46. The van der Waals surface area contributed by atoms with E-state index in [2.05, 4.69) is 28.5 Å². The highest BCUT2D eigenvalue weighted by molar-refractivity contribution is 5.97. The topological polar surface area (TPSA) is 50.6 Å². The molecule has 0 saturated carbocycles.